The van der Waals surface area contributed by atoms with E-state index in [1.54, 1.807) is 6.20 Å². The van der Waals surface area contributed by atoms with E-state index in [4.69, 9.17) is 0 Å². The molecule has 0 amide bonds. The van der Waals surface area contributed by atoms with Gasteiger partial charge < -0.3 is 15.5 Å². The Balaban J connectivity index is 2.68. The fourth-order valence-corrected chi connectivity index (χ4v) is 4.24. The Hall–Kier alpha value is -1.18. The monoisotopic (exact) mass is 322 g/mol. The second-order valence-electron chi connectivity index (χ2n) is 6.66. The Labute approximate surface area is 136 Å². The number of nitrogens with one attached hydrogen (secondary N) is 2. The average molecular weight is 322 g/mol. The van der Waals surface area contributed by atoms with Crippen LogP contribution in [0.5, 0.6) is 0 Å². The molecule has 22 heavy (non-hydrogen) atoms. The molecule has 3 N–H and O–H groups in total. The van der Waals surface area contributed by atoms with Crippen LogP contribution in [0.4, 0.5) is 0 Å². The number of allylic oxidation sites excluding steroid dienone is 2. The van der Waals surface area contributed by atoms with Crippen molar-refractivity contribution in [2.75, 3.05) is 6.66 Å². The van der Waals surface area contributed by atoms with Gasteiger partial charge in [0, 0.05) is 25.1 Å². The summed E-state index contributed by atoms with van der Waals surface area (Å²) in [5.74, 6) is 3.10. The van der Waals surface area contributed by atoms with Gasteiger partial charge in [0.2, 0.25) is 0 Å². The van der Waals surface area contributed by atoms with E-state index in [0.29, 0.717) is 17.9 Å². The summed E-state index contributed by atoms with van der Waals surface area (Å²) in [7, 11) is -2.10. The second kappa shape index (κ2) is 7.89. The lowest BCUT2D eigenvalue weighted by molar-refractivity contribution is 0.480. The Morgan fingerprint density at radius 2 is 1.95 bits per heavy atom. The summed E-state index contributed by atoms with van der Waals surface area (Å²) >= 11 is 0. The van der Waals surface area contributed by atoms with Gasteiger partial charge in [-0.3, -0.25) is 0 Å². The summed E-state index contributed by atoms with van der Waals surface area (Å²) in [6.07, 6.45) is 9.60. The van der Waals surface area contributed by atoms with Crippen LogP contribution in [-0.4, -0.2) is 23.9 Å². The van der Waals surface area contributed by atoms with Crippen LogP contribution in [0.2, 0.25) is 0 Å². The van der Waals surface area contributed by atoms with E-state index in [2.05, 4.69) is 43.9 Å². The van der Waals surface area contributed by atoms with E-state index in [1.807, 2.05) is 25.6 Å². The summed E-state index contributed by atoms with van der Waals surface area (Å²) in [5, 5.41) is 6.51. The third-order valence-electron chi connectivity index (χ3n) is 4.22. The molecule has 1 fully saturated rings. The molecule has 3 nitrogen and oxygen atoms in total. The molecular formula is C18H31N2OP. The first kappa shape index (κ1) is 18.9. The van der Waals surface area contributed by atoms with Crippen molar-refractivity contribution in [3.63, 3.8) is 0 Å². The molecule has 0 spiro atoms. The van der Waals surface area contributed by atoms with Crippen molar-refractivity contribution in [3.05, 3.63) is 48.2 Å². The molecule has 4 heteroatoms. The van der Waals surface area contributed by atoms with Crippen LogP contribution in [0, 0.1) is 11.8 Å². The van der Waals surface area contributed by atoms with Gasteiger partial charge >= 0.3 is 0 Å². The van der Waals surface area contributed by atoms with E-state index in [9.17, 15) is 4.89 Å². The predicted molar refractivity (Wildman–Crippen MR) is 101 cm³/mol. The van der Waals surface area contributed by atoms with Crippen LogP contribution in [-0.2, 0) is 0 Å². The van der Waals surface area contributed by atoms with E-state index in [1.165, 1.54) is 5.57 Å². The Kier molecular flexibility index (Phi) is 6.77. The van der Waals surface area contributed by atoms with Gasteiger partial charge in [0.1, 0.15) is 0 Å². The van der Waals surface area contributed by atoms with Crippen molar-refractivity contribution >= 4 is 13.4 Å². The Morgan fingerprint density at radius 3 is 2.50 bits per heavy atom. The first-order valence-corrected chi connectivity index (χ1v) is 10.2. The van der Waals surface area contributed by atoms with Crippen LogP contribution < -0.4 is 10.6 Å². The highest BCUT2D eigenvalue weighted by Crippen LogP contribution is 2.43. The lowest BCUT2D eigenvalue weighted by atomic mass is 9.92. The van der Waals surface area contributed by atoms with E-state index in [-0.39, 0.29) is 0 Å². The van der Waals surface area contributed by atoms with Gasteiger partial charge in [-0.2, -0.15) is 0 Å². The molecule has 0 heterocycles. The second-order valence-corrected chi connectivity index (χ2v) is 9.35. The van der Waals surface area contributed by atoms with Crippen molar-refractivity contribution < 1.29 is 4.89 Å². The molecule has 1 rings (SSSR count). The highest BCUT2D eigenvalue weighted by Gasteiger charge is 2.32. The molecule has 1 aliphatic rings. The predicted octanol–water partition coefficient (Wildman–Crippen LogP) is 4.03. The SMILES string of the molecule is C=CN/C=C(/C)C(=C)NC1CC(C)C(/C(C)=C/P(=C)(C)O)C1. The molecular weight excluding hydrogens is 291 g/mol. The summed E-state index contributed by atoms with van der Waals surface area (Å²) in [6, 6.07) is 0.427. The van der Waals surface area contributed by atoms with Crippen LogP contribution in [0.25, 0.3) is 0 Å². The van der Waals surface area contributed by atoms with E-state index < -0.39 is 7.11 Å². The number of hydrogen-bond donors (Lipinski definition) is 3. The van der Waals surface area contributed by atoms with Gasteiger partial charge in [0.25, 0.3) is 0 Å². The summed E-state index contributed by atoms with van der Waals surface area (Å²) in [6.45, 7) is 16.0. The van der Waals surface area contributed by atoms with Gasteiger partial charge in [0.15, 0.2) is 0 Å². The minimum Gasteiger partial charge on any atom is -0.383 e. The zero-order chi connectivity index (χ0) is 16.9. The average Bonchev–Trinajstić information content (AvgIpc) is 2.74. The molecule has 0 aliphatic heterocycles. The third-order valence-corrected chi connectivity index (χ3v) is 5.18. The standard InChI is InChI=1S/C18H31N2OP/c1-8-19-11-14(3)16(5)20-17-9-13(2)18(10-17)15(4)12-22(6,7)21/h8,11-13,17-21H,1,5-6,9-10H2,2-4,7H3/b14-11-,15-12+. The maximum atomic E-state index is 9.97. The summed E-state index contributed by atoms with van der Waals surface area (Å²) in [5.41, 5.74) is 3.30. The van der Waals surface area contributed by atoms with Crippen molar-refractivity contribution in [1.29, 1.82) is 0 Å². The molecule has 1 saturated carbocycles. The Morgan fingerprint density at radius 1 is 1.32 bits per heavy atom. The highest BCUT2D eigenvalue weighted by molar-refractivity contribution is 7.70. The van der Waals surface area contributed by atoms with Crippen LogP contribution >= 0.6 is 7.11 Å². The van der Waals surface area contributed by atoms with Gasteiger partial charge in [-0.15, -0.1) is 0 Å². The molecule has 4 atom stereocenters. The topological polar surface area (TPSA) is 44.3 Å². The van der Waals surface area contributed by atoms with Gasteiger partial charge in [0.05, 0.1) is 0 Å². The molecule has 4 unspecified atom stereocenters. The number of hydrogen-bond acceptors (Lipinski definition) is 3. The largest absolute Gasteiger partial charge is 0.383 e. The quantitative estimate of drug-likeness (QED) is 0.490. The smallest absolute Gasteiger partial charge is 0.0313 e. The fourth-order valence-electron chi connectivity index (χ4n) is 3.17. The first-order chi connectivity index (χ1) is 10.1. The fraction of sp³-hybridized carbons (Fsp3) is 0.500. The molecule has 1 aliphatic carbocycles. The van der Waals surface area contributed by atoms with Gasteiger partial charge in [-0.25, -0.2) is 0 Å². The molecule has 0 aromatic carbocycles. The van der Waals surface area contributed by atoms with Crippen LogP contribution in [0.1, 0.15) is 33.6 Å². The van der Waals surface area contributed by atoms with Crippen molar-refractivity contribution in [1.82, 2.24) is 10.6 Å². The van der Waals surface area contributed by atoms with Gasteiger partial charge in [-0.05, 0) is 62.8 Å². The van der Waals surface area contributed by atoms with E-state index >= 15 is 0 Å². The maximum absolute atomic E-state index is 9.97. The highest BCUT2D eigenvalue weighted by atomic mass is 31.2. The maximum Gasteiger partial charge on any atom is 0.0313 e. The van der Waals surface area contributed by atoms with Crippen LogP contribution in [0.3, 0.4) is 0 Å². The van der Waals surface area contributed by atoms with Crippen molar-refractivity contribution in [2.24, 2.45) is 11.8 Å². The molecule has 124 valence electrons. The molecule has 0 aromatic rings. The van der Waals surface area contributed by atoms with Crippen molar-refractivity contribution in [3.8, 4) is 0 Å². The zero-order valence-corrected chi connectivity index (χ0v) is 15.3. The normalized spacial score (nSPS) is 28.9. The minimum atomic E-state index is -2.10. The Bertz CT molecular complexity index is 527. The van der Waals surface area contributed by atoms with E-state index in [0.717, 1.165) is 24.1 Å². The summed E-state index contributed by atoms with van der Waals surface area (Å²) < 4.78 is 0. The first-order valence-electron chi connectivity index (χ1n) is 7.76. The molecule has 0 saturated heterocycles. The zero-order valence-electron chi connectivity index (χ0n) is 14.4. The number of rotatable bonds is 7. The summed E-state index contributed by atoms with van der Waals surface area (Å²) in [4.78, 5) is 9.97. The van der Waals surface area contributed by atoms with Crippen molar-refractivity contribution in [2.45, 2.75) is 39.7 Å². The van der Waals surface area contributed by atoms with Crippen LogP contribution in [0.15, 0.2) is 48.2 Å². The lowest BCUT2D eigenvalue weighted by Gasteiger charge is -2.19. The molecule has 0 bridgehead atoms. The molecule has 0 radical (unpaired) electrons. The van der Waals surface area contributed by atoms with Gasteiger partial charge in [-0.1, -0.05) is 32.0 Å². The minimum absolute atomic E-state index is 0.427. The molecule has 0 aromatic heterocycles. The third kappa shape index (κ3) is 5.90. The lowest BCUT2D eigenvalue weighted by Crippen LogP contribution is -2.26.